The summed E-state index contributed by atoms with van der Waals surface area (Å²) in [7, 11) is 1.44. The number of carbonyl (C=O) groups is 3. The number of hydrogen-bond donors (Lipinski definition) is 0. The van der Waals surface area contributed by atoms with Crippen molar-refractivity contribution < 1.29 is 33.3 Å². The van der Waals surface area contributed by atoms with Gasteiger partial charge in [0, 0.05) is 5.56 Å². The van der Waals surface area contributed by atoms with E-state index in [0.717, 1.165) is 57.8 Å². The van der Waals surface area contributed by atoms with Crippen LogP contribution in [0.25, 0.3) is 0 Å². The van der Waals surface area contributed by atoms with Gasteiger partial charge in [-0.1, -0.05) is 96.0 Å². The highest BCUT2D eigenvalue weighted by atomic mass is 16.5. The number of unbranched alkanes of at least 4 members (excludes halogenated alkanes) is 7. The average Bonchev–Trinajstić information content (AvgIpc) is 2.97. The van der Waals surface area contributed by atoms with E-state index >= 15 is 0 Å². The fraction of sp³-hybridized carbons (Fsp3) is 0.545. The van der Waals surface area contributed by atoms with Crippen molar-refractivity contribution in [1.29, 1.82) is 0 Å². The van der Waals surface area contributed by atoms with Crippen LogP contribution in [0, 0.1) is 0 Å². The molecule has 0 radical (unpaired) electrons. The molecule has 2 aromatic rings. The van der Waals surface area contributed by atoms with Crippen LogP contribution in [0.15, 0.2) is 36.4 Å². The number of esters is 1. The molecule has 7 heteroatoms. The largest absolute Gasteiger partial charge is 0.492 e. The van der Waals surface area contributed by atoms with E-state index in [-0.39, 0.29) is 47.2 Å². The normalized spacial score (nSPS) is 10.7. The quantitative estimate of drug-likeness (QED) is 0.0668. The van der Waals surface area contributed by atoms with Gasteiger partial charge in [-0.15, -0.1) is 0 Å². The highest BCUT2D eigenvalue weighted by molar-refractivity contribution is 6.15. The van der Waals surface area contributed by atoms with E-state index in [2.05, 4.69) is 13.8 Å². The van der Waals surface area contributed by atoms with Crippen molar-refractivity contribution in [3.8, 4) is 17.2 Å². The lowest BCUT2D eigenvalue weighted by atomic mass is 9.98. The van der Waals surface area contributed by atoms with Gasteiger partial charge >= 0.3 is 5.97 Å². The number of benzene rings is 2. The highest BCUT2D eigenvalue weighted by Crippen LogP contribution is 2.44. The van der Waals surface area contributed by atoms with Gasteiger partial charge in [-0.3, -0.25) is 9.59 Å². The second-order valence-electron chi connectivity index (χ2n) is 9.86. The average molecular weight is 555 g/mol. The third-order valence-electron chi connectivity index (χ3n) is 6.55. The Bertz CT molecular complexity index is 1060. The number of ketones is 2. The topological polar surface area (TPSA) is 88.1 Å². The number of methoxy groups -OCH3 is 1. The number of rotatable bonds is 21. The van der Waals surface area contributed by atoms with Crippen molar-refractivity contribution in [3.63, 3.8) is 0 Å². The first-order chi connectivity index (χ1) is 19.5. The van der Waals surface area contributed by atoms with Gasteiger partial charge in [0.1, 0.15) is 5.56 Å². The molecular formula is C33H46O7. The maximum Gasteiger partial charge on any atom is 0.342 e. The summed E-state index contributed by atoms with van der Waals surface area (Å²) in [4.78, 5) is 39.7. The van der Waals surface area contributed by atoms with E-state index in [1.54, 1.807) is 24.3 Å². The Hall–Kier alpha value is -3.35. The fourth-order valence-electron chi connectivity index (χ4n) is 4.22. The second-order valence-corrected chi connectivity index (χ2v) is 9.86. The first-order valence-electron chi connectivity index (χ1n) is 14.8. The van der Waals surface area contributed by atoms with Crippen LogP contribution >= 0.6 is 0 Å². The second kappa shape index (κ2) is 18.9. The van der Waals surface area contributed by atoms with E-state index in [4.69, 9.17) is 18.9 Å². The molecular weight excluding hydrogens is 508 g/mol. The van der Waals surface area contributed by atoms with Gasteiger partial charge in [-0.2, -0.15) is 0 Å². The van der Waals surface area contributed by atoms with Gasteiger partial charge in [-0.25, -0.2) is 4.79 Å². The maximum atomic E-state index is 13.5. The zero-order chi connectivity index (χ0) is 29.2. The fourth-order valence-corrected chi connectivity index (χ4v) is 4.22. The van der Waals surface area contributed by atoms with Crippen LogP contribution in [0.2, 0.25) is 0 Å². The minimum absolute atomic E-state index is 0.0936. The summed E-state index contributed by atoms with van der Waals surface area (Å²) in [6, 6.07) is 10.1. The minimum atomic E-state index is -0.598. The van der Waals surface area contributed by atoms with Crippen LogP contribution in [-0.2, 0) is 4.74 Å². The zero-order valence-corrected chi connectivity index (χ0v) is 24.7. The molecule has 0 heterocycles. The van der Waals surface area contributed by atoms with Gasteiger partial charge in [0.05, 0.1) is 38.9 Å². The van der Waals surface area contributed by atoms with Crippen LogP contribution in [-0.4, -0.2) is 44.5 Å². The van der Waals surface area contributed by atoms with Gasteiger partial charge in [0.15, 0.2) is 23.1 Å². The van der Waals surface area contributed by atoms with Crippen LogP contribution in [0.3, 0.4) is 0 Å². The Balaban J connectivity index is 2.51. The molecule has 0 N–H and O–H groups in total. The molecule has 2 rings (SSSR count). The van der Waals surface area contributed by atoms with Gasteiger partial charge in [0.2, 0.25) is 5.75 Å². The molecule has 0 saturated carbocycles. The standard InChI is InChI=1S/C33H46O7/c1-5-8-11-16-21-38-31-27(33(36)40-20-10-7-3)23-26(29(35)24-28(34)25-18-14-13-15-19-25)30(37-4)32(31)39-22-17-12-9-6-2/h13-15,18-19,23H,5-12,16-17,20-22,24H2,1-4H3. The van der Waals surface area contributed by atoms with Gasteiger partial charge < -0.3 is 18.9 Å². The van der Waals surface area contributed by atoms with E-state index in [1.807, 2.05) is 13.0 Å². The Labute approximate surface area is 239 Å². The van der Waals surface area contributed by atoms with Crippen molar-refractivity contribution in [1.82, 2.24) is 0 Å². The molecule has 0 aliphatic carbocycles. The lowest BCUT2D eigenvalue weighted by Gasteiger charge is -2.21. The molecule has 0 bridgehead atoms. The first-order valence-corrected chi connectivity index (χ1v) is 14.8. The smallest absolute Gasteiger partial charge is 0.342 e. The molecule has 0 atom stereocenters. The highest BCUT2D eigenvalue weighted by Gasteiger charge is 2.30. The lowest BCUT2D eigenvalue weighted by molar-refractivity contribution is 0.0493. The molecule has 2 aromatic carbocycles. The Morgan fingerprint density at radius 2 is 1.23 bits per heavy atom. The molecule has 0 aliphatic heterocycles. The van der Waals surface area contributed by atoms with Gasteiger partial charge in [-0.05, 0) is 25.3 Å². The summed E-state index contributed by atoms with van der Waals surface area (Å²) in [5.74, 6) is -0.809. The van der Waals surface area contributed by atoms with Crippen molar-refractivity contribution in [2.75, 3.05) is 26.9 Å². The number of hydrogen-bond acceptors (Lipinski definition) is 7. The zero-order valence-electron chi connectivity index (χ0n) is 24.7. The third-order valence-corrected chi connectivity index (χ3v) is 6.55. The van der Waals surface area contributed by atoms with Crippen molar-refractivity contribution >= 4 is 17.5 Å². The Morgan fingerprint density at radius 3 is 1.80 bits per heavy atom. The number of carbonyl (C=O) groups excluding carboxylic acids is 3. The summed E-state index contributed by atoms with van der Waals surface area (Å²) in [5, 5.41) is 0. The van der Waals surface area contributed by atoms with Crippen molar-refractivity contribution in [3.05, 3.63) is 53.1 Å². The van der Waals surface area contributed by atoms with Crippen LogP contribution in [0.4, 0.5) is 0 Å². The lowest BCUT2D eigenvalue weighted by Crippen LogP contribution is -2.16. The Kier molecular flexibility index (Phi) is 15.5. The van der Waals surface area contributed by atoms with E-state index in [9.17, 15) is 14.4 Å². The summed E-state index contributed by atoms with van der Waals surface area (Å²) in [6.45, 7) is 7.28. The van der Waals surface area contributed by atoms with E-state index < -0.39 is 11.8 Å². The molecule has 0 unspecified atom stereocenters. The molecule has 0 aromatic heterocycles. The summed E-state index contributed by atoms with van der Waals surface area (Å²) >= 11 is 0. The molecule has 0 fully saturated rings. The van der Waals surface area contributed by atoms with Crippen molar-refractivity contribution in [2.24, 2.45) is 0 Å². The monoisotopic (exact) mass is 554 g/mol. The van der Waals surface area contributed by atoms with Crippen LogP contribution in [0.5, 0.6) is 17.2 Å². The van der Waals surface area contributed by atoms with E-state index in [0.29, 0.717) is 25.2 Å². The first kappa shape index (κ1) is 32.9. The van der Waals surface area contributed by atoms with E-state index in [1.165, 1.54) is 13.2 Å². The Morgan fingerprint density at radius 1 is 0.625 bits per heavy atom. The van der Waals surface area contributed by atoms with Crippen LogP contribution < -0.4 is 14.2 Å². The summed E-state index contributed by atoms with van der Waals surface area (Å²) in [5.41, 5.74) is 0.635. The van der Waals surface area contributed by atoms with Crippen molar-refractivity contribution in [2.45, 2.75) is 91.4 Å². The molecule has 7 nitrogen and oxygen atoms in total. The minimum Gasteiger partial charge on any atom is -0.492 e. The molecule has 0 saturated heterocycles. The summed E-state index contributed by atoms with van der Waals surface area (Å²) in [6.07, 6.45) is 9.14. The molecule has 0 spiro atoms. The predicted molar refractivity (Wildman–Crippen MR) is 157 cm³/mol. The third kappa shape index (κ3) is 10.3. The number of ether oxygens (including phenoxy) is 4. The SMILES string of the molecule is CCCCCCOc1c(C(=O)OCCCC)cc(C(=O)CC(=O)c2ccccc2)c(OC)c1OCCCCCC. The summed E-state index contributed by atoms with van der Waals surface area (Å²) < 4.78 is 23.6. The van der Waals surface area contributed by atoms with Crippen LogP contribution in [0.1, 0.15) is 122 Å². The predicted octanol–water partition coefficient (Wildman–Crippen LogP) is 8.03. The maximum absolute atomic E-state index is 13.5. The molecule has 0 amide bonds. The molecule has 40 heavy (non-hydrogen) atoms. The van der Waals surface area contributed by atoms with Gasteiger partial charge in [0.25, 0.3) is 0 Å². The molecule has 0 aliphatic rings. The number of Topliss-reactive ketones (excluding diaryl/α,β-unsaturated/α-hetero) is 2. The molecule has 220 valence electrons.